The standard InChI is InChI=1S/C11H6Cl2F2N2O2S/c12-7-4-6(14)5-8(15)10(7)17-20(18,19)9-2-1-3-16-11(9)13/h1-5,17H. The summed E-state index contributed by atoms with van der Waals surface area (Å²) in [6.07, 6.45) is 1.30. The first-order valence-electron chi connectivity index (χ1n) is 5.09. The largest absolute Gasteiger partial charge is 0.275 e. The first-order chi connectivity index (χ1) is 9.31. The van der Waals surface area contributed by atoms with E-state index in [-0.39, 0.29) is 10.0 Å². The van der Waals surface area contributed by atoms with Crippen molar-refractivity contribution < 1.29 is 17.2 Å². The van der Waals surface area contributed by atoms with Crippen LogP contribution < -0.4 is 4.72 Å². The van der Waals surface area contributed by atoms with Crippen LogP contribution in [0, 0.1) is 11.6 Å². The zero-order valence-corrected chi connectivity index (χ0v) is 11.9. The van der Waals surface area contributed by atoms with Gasteiger partial charge in [0, 0.05) is 12.3 Å². The summed E-state index contributed by atoms with van der Waals surface area (Å²) < 4.78 is 52.5. The molecule has 9 heteroatoms. The van der Waals surface area contributed by atoms with Gasteiger partial charge < -0.3 is 0 Å². The average molecular weight is 339 g/mol. The summed E-state index contributed by atoms with van der Waals surface area (Å²) in [5, 5.41) is -0.690. The monoisotopic (exact) mass is 338 g/mol. The van der Waals surface area contributed by atoms with Gasteiger partial charge in [0.25, 0.3) is 10.0 Å². The van der Waals surface area contributed by atoms with Gasteiger partial charge in [-0.3, -0.25) is 4.72 Å². The fraction of sp³-hybridized carbons (Fsp3) is 0. The van der Waals surface area contributed by atoms with Crippen LogP contribution in [0.3, 0.4) is 0 Å². The average Bonchev–Trinajstić information content (AvgIpc) is 2.34. The fourth-order valence-corrected chi connectivity index (χ4v) is 3.24. The Balaban J connectivity index is 2.47. The van der Waals surface area contributed by atoms with Crippen molar-refractivity contribution in [1.29, 1.82) is 0 Å². The van der Waals surface area contributed by atoms with Crippen LogP contribution in [0.1, 0.15) is 0 Å². The molecule has 0 unspecified atom stereocenters. The molecular formula is C11H6Cl2F2N2O2S. The summed E-state index contributed by atoms with van der Waals surface area (Å²) in [7, 11) is -4.19. The molecule has 0 aliphatic heterocycles. The Morgan fingerprint density at radius 1 is 1.20 bits per heavy atom. The van der Waals surface area contributed by atoms with Crippen LogP contribution >= 0.6 is 23.2 Å². The van der Waals surface area contributed by atoms with Gasteiger partial charge >= 0.3 is 0 Å². The zero-order valence-electron chi connectivity index (χ0n) is 9.57. The molecule has 0 bridgehead atoms. The number of rotatable bonds is 3. The Morgan fingerprint density at radius 3 is 2.50 bits per heavy atom. The van der Waals surface area contributed by atoms with Gasteiger partial charge in [-0.05, 0) is 18.2 Å². The second-order valence-electron chi connectivity index (χ2n) is 3.64. The smallest absolute Gasteiger partial charge is 0.265 e. The minimum Gasteiger partial charge on any atom is -0.275 e. The van der Waals surface area contributed by atoms with E-state index in [2.05, 4.69) is 4.98 Å². The molecule has 0 amide bonds. The second kappa shape index (κ2) is 5.51. The van der Waals surface area contributed by atoms with Crippen molar-refractivity contribution in [2.24, 2.45) is 0 Å². The fourth-order valence-electron chi connectivity index (χ4n) is 1.40. The lowest BCUT2D eigenvalue weighted by atomic mass is 10.3. The lowest BCUT2D eigenvalue weighted by Gasteiger charge is -2.11. The summed E-state index contributed by atoms with van der Waals surface area (Å²) in [5.74, 6) is -2.06. The summed E-state index contributed by atoms with van der Waals surface area (Å²) in [6.45, 7) is 0. The summed E-state index contributed by atoms with van der Waals surface area (Å²) >= 11 is 11.3. The molecule has 0 aliphatic carbocycles. The maximum absolute atomic E-state index is 13.6. The van der Waals surface area contributed by atoms with E-state index in [4.69, 9.17) is 23.2 Å². The van der Waals surface area contributed by atoms with Gasteiger partial charge in [-0.2, -0.15) is 0 Å². The van der Waals surface area contributed by atoms with Gasteiger partial charge in [-0.15, -0.1) is 0 Å². The molecule has 0 spiro atoms. The molecule has 1 N–H and O–H groups in total. The Bertz CT molecular complexity index is 746. The maximum atomic E-state index is 13.6. The molecule has 1 aromatic carbocycles. The molecule has 4 nitrogen and oxygen atoms in total. The molecule has 0 saturated heterocycles. The van der Waals surface area contributed by atoms with Crippen LogP contribution in [0.25, 0.3) is 0 Å². The third kappa shape index (κ3) is 3.00. The van der Waals surface area contributed by atoms with Crippen LogP contribution in [0.4, 0.5) is 14.5 Å². The number of anilines is 1. The highest BCUT2D eigenvalue weighted by Crippen LogP contribution is 2.29. The number of aromatic nitrogens is 1. The SMILES string of the molecule is O=S(=O)(Nc1c(F)cc(F)cc1Cl)c1cccnc1Cl. The quantitative estimate of drug-likeness (QED) is 0.871. The van der Waals surface area contributed by atoms with Crippen LogP contribution in [-0.4, -0.2) is 13.4 Å². The molecule has 106 valence electrons. The third-order valence-corrected chi connectivity index (χ3v) is 4.35. The number of hydrogen-bond donors (Lipinski definition) is 1. The molecule has 0 radical (unpaired) electrons. The number of nitrogens with zero attached hydrogens (tertiary/aromatic N) is 1. The predicted octanol–water partition coefficient (Wildman–Crippen LogP) is 3.47. The summed E-state index contributed by atoms with van der Waals surface area (Å²) in [5.41, 5.74) is -0.562. The van der Waals surface area contributed by atoms with Gasteiger partial charge in [0.1, 0.15) is 21.6 Å². The summed E-state index contributed by atoms with van der Waals surface area (Å²) in [4.78, 5) is 3.26. The molecule has 0 aliphatic rings. The number of sulfonamides is 1. The van der Waals surface area contributed by atoms with E-state index in [0.717, 1.165) is 6.07 Å². The topological polar surface area (TPSA) is 59.1 Å². The van der Waals surface area contributed by atoms with E-state index in [1.54, 1.807) is 0 Å². The van der Waals surface area contributed by atoms with E-state index in [1.807, 2.05) is 4.72 Å². The molecule has 0 atom stereocenters. The molecule has 1 aromatic heterocycles. The first-order valence-corrected chi connectivity index (χ1v) is 7.33. The van der Waals surface area contributed by atoms with Gasteiger partial charge in [0.05, 0.1) is 5.02 Å². The molecule has 1 heterocycles. The second-order valence-corrected chi connectivity index (χ2v) is 6.06. The molecule has 2 rings (SSSR count). The minimum atomic E-state index is -4.19. The highest BCUT2D eigenvalue weighted by atomic mass is 35.5. The van der Waals surface area contributed by atoms with Crippen molar-refractivity contribution in [2.75, 3.05) is 4.72 Å². The van der Waals surface area contributed by atoms with Gasteiger partial charge in [-0.25, -0.2) is 22.2 Å². The predicted molar refractivity (Wildman–Crippen MR) is 71.4 cm³/mol. The number of pyridine rings is 1. The van der Waals surface area contributed by atoms with E-state index >= 15 is 0 Å². The number of nitrogens with one attached hydrogen (secondary N) is 1. The summed E-state index contributed by atoms with van der Waals surface area (Å²) in [6, 6.07) is 3.83. The van der Waals surface area contributed by atoms with Crippen molar-refractivity contribution in [3.05, 3.63) is 52.3 Å². The van der Waals surface area contributed by atoms with E-state index < -0.39 is 32.4 Å². The number of benzene rings is 1. The lowest BCUT2D eigenvalue weighted by Crippen LogP contribution is -2.15. The normalized spacial score (nSPS) is 11.4. The van der Waals surface area contributed by atoms with E-state index in [1.165, 1.54) is 18.3 Å². The molecule has 0 fully saturated rings. The maximum Gasteiger partial charge on any atom is 0.265 e. The Labute approximate surface area is 123 Å². The van der Waals surface area contributed by atoms with Crippen LogP contribution in [0.15, 0.2) is 35.4 Å². The zero-order chi connectivity index (χ0) is 14.9. The van der Waals surface area contributed by atoms with Crippen LogP contribution in [0.5, 0.6) is 0 Å². The Hall–Kier alpha value is -1.44. The van der Waals surface area contributed by atoms with Crippen molar-refractivity contribution in [1.82, 2.24) is 4.98 Å². The van der Waals surface area contributed by atoms with Crippen LogP contribution in [0.2, 0.25) is 10.2 Å². The van der Waals surface area contributed by atoms with Gasteiger partial charge in [0.15, 0.2) is 5.82 Å². The van der Waals surface area contributed by atoms with Crippen LogP contribution in [-0.2, 0) is 10.0 Å². The minimum absolute atomic E-state index is 0.279. The lowest BCUT2D eigenvalue weighted by molar-refractivity contribution is 0.583. The molecule has 0 saturated carbocycles. The third-order valence-electron chi connectivity index (χ3n) is 2.26. The molecule has 2 aromatic rings. The first kappa shape index (κ1) is 15.0. The highest BCUT2D eigenvalue weighted by molar-refractivity contribution is 7.92. The molecule has 20 heavy (non-hydrogen) atoms. The Kier molecular flexibility index (Phi) is 4.12. The van der Waals surface area contributed by atoms with E-state index in [9.17, 15) is 17.2 Å². The van der Waals surface area contributed by atoms with Crippen molar-refractivity contribution in [2.45, 2.75) is 4.90 Å². The highest BCUT2D eigenvalue weighted by Gasteiger charge is 2.22. The van der Waals surface area contributed by atoms with Crippen molar-refractivity contribution in [3.8, 4) is 0 Å². The van der Waals surface area contributed by atoms with Crippen molar-refractivity contribution >= 4 is 38.9 Å². The van der Waals surface area contributed by atoms with Gasteiger partial charge in [0.2, 0.25) is 0 Å². The number of halogens is 4. The van der Waals surface area contributed by atoms with Crippen molar-refractivity contribution in [3.63, 3.8) is 0 Å². The number of hydrogen-bond acceptors (Lipinski definition) is 3. The molecular weight excluding hydrogens is 333 g/mol. The van der Waals surface area contributed by atoms with E-state index in [0.29, 0.717) is 6.07 Å². The Morgan fingerprint density at radius 2 is 1.90 bits per heavy atom. The van der Waals surface area contributed by atoms with Gasteiger partial charge in [-0.1, -0.05) is 23.2 Å².